The average molecular weight is 470 g/mol. The van der Waals surface area contributed by atoms with Crippen LogP contribution in [0.5, 0.6) is 0 Å². The molecule has 0 aliphatic rings. The van der Waals surface area contributed by atoms with Gasteiger partial charge in [0, 0.05) is 23.5 Å². The van der Waals surface area contributed by atoms with E-state index in [-0.39, 0.29) is 23.5 Å². The molecule has 0 atom stereocenters. The second-order valence-electron chi connectivity index (χ2n) is 7.14. The van der Waals surface area contributed by atoms with E-state index in [1.165, 1.54) is 13.1 Å². The number of anilines is 1. The number of rotatable bonds is 6. The summed E-state index contributed by atoms with van der Waals surface area (Å²) in [6.45, 7) is 4.84. The number of nitrogens with one attached hydrogen (secondary N) is 2. The third-order valence-corrected chi connectivity index (χ3v) is 6.49. The summed E-state index contributed by atoms with van der Waals surface area (Å²) in [4.78, 5) is 20.0. The highest BCUT2D eigenvalue weighted by Gasteiger charge is 2.37. The fraction of sp³-hybridized carbons (Fsp3) is 0.368. The molecule has 1 amide bonds. The first kappa shape index (κ1) is 23.6. The number of fused-ring (bicyclic) bond motifs is 1. The topological polar surface area (TPSA) is 118 Å². The van der Waals surface area contributed by atoms with E-state index in [9.17, 15) is 26.4 Å². The Kier molecular flexibility index (Phi) is 6.24. The number of nitrogens with zero attached hydrogens (tertiary/aromatic N) is 4. The lowest BCUT2D eigenvalue weighted by molar-refractivity contribution is -0.144. The normalized spacial score (nSPS) is 12.3. The number of hydrogen-bond acceptors (Lipinski definition) is 6. The van der Waals surface area contributed by atoms with Gasteiger partial charge in [-0.3, -0.25) is 4.79 Å². The number of halogens is 3. The van der Waals surface area contributed by atoms with Gasteiger partial charge < -0.3 is 5.32 Å². The fourth-order valence-electron chi connectivity index (χ4n) is 3.23. The van der Waals surface area contributed by atoms with Crippen molar-refractivity contribution >= 4 is 27.4 Å². The first-order valence-electron chi connectivity index (χ1n) is 9.47. The van der Waals surface area contributed by atoms with E-state index in [1.807, 2.05) is 0 Å². The van der Waals surface area contributed by atoms with Crippen molar-refractivity contribution in [2.24, 2.45) is 0 Å². The largest absolute Gasteiger partial charge is 0.453 e. The third-order valence-electron chi connectivity index (χ3n) is 4.93. The highest BCUT2D eigenvalue weighted by atomic mass is 32.2. The maximum Gasteiger partial charge on any atom is 0.453 e. The Bertz CT molecular complexity index is 1300. The van der Waals surface area contributed by atoms with Crippen molar-refractivity contribution in [3.8, 4) is 0 Å². The number of amides is 1. The molecule has 2 N–H and O–H groups in total. The molecule has 0 unspecified atom stereocenters. The van der Waals surface area contributed by atoms with E-state index in [2.05, 4.69) is 25.1 Å². The summed E-state index contributed by atoms with van der Waals surface area (Å²) in [5.41, 5.74) is 2.26. The third kappa shape index (κ3) is 4.72. The Morgan fingerprint density at radius 2 is 1.84 bits per heavy atom. The number of carbonyl (C=O) groups is 1. The van der Waals surface area contributed by atoms with Crippen LogP contribution < -0.4 is 10.0 Å². The Hall–Kier alpha value is -3.06. The van der Waals surface area contributed by atoms with E-state index in [0.29, 0.717) is 28.2 Å². The van der Waals surface area contributed by atoms with Crippen LogP contribution in [0.4, 0.5) is 18.9 Å². The van der Waals surface area contributed by atoms with Crippen molar-refractivity contribution < 1.29 is 26.4 Å². The number of sulfonamides is 1. The molecule has 0 aliphatic carbocycles. The molecular formula is C19H21F3N6O3S. The summed E-state index contributed by atoms with van der Waals surface area (Å²) < 4.78 is 66.2. The van der Waals surface area contributed by atoms with Gasteiger partial charge in [0.05, 0.1) is 4.90 Å². The highest BCUT2D eigenvalue weighted by Crippen LogP contribution is 2.27. The maximum atomic E-state index is 12.9. The zero-order valence-electron chi connectivity index (χ0n) is 17.7. The fourth-order valence-corrected chi connectivity index (χ4v) is 4.22. The first-order valence-corrected chi connectivity index (χ1v) is 11.0. The van der Waals surface area contributed by atoms with Gasteiger partial charge in [-0.1, -0.05) is 6.07 Å². The number of benzene rings is 1. The molecule has 9 nitrogen and oxygen atoms in total. The molecule has 172 valence electrons. The van der Waals surface area contributed by atoms with Gasteiger partial charge in [0.25, 0.3) is 11.6 Å². The lowest BCUT2D eigenvalue weighted by atomic mass is 10.1. The van der Waals surface area contributed by atoms with E-state index < -0.39 is 27.9 Å². The molecule has 2 heterocycles. The van der Waals surface area contributed by atoms with Crippen molar-refractivity contribution in [2.45, 2.75) is 44.7 Å². The Morgan fingerprint density at radius 3 is 2.47 bits per heavy atom. The van der Waals surface area contributed by atoms with Gasteiger partial charge in [-0.25, -0.2) is 22.6 Å². The van der Waals surface area contributed by atoms with Crippen LogP contribution in [0, 0.1) is 20.8 Å². The van der Waals surface area contributed by atoms with E-state index in [1.54, 1.807) is 32.9 Å². The summed E-state index contributed by atoms with van der Waals surface area (Å²) in [7, 11) is -2.39. The summed E-state index contributed by atoms with van der Waals surface area (Å²) in [5.74, 6) is -1.84. The summed E-state index contributed by atoms with van der Waals surface area (Å²) in [6, 6.07) is 4.52. The van der Waals surface area contributed by atoms with E-state index in [0.717, 1.165) is 4.52 Å². The first-order chi connectivity index (χ1) is 14.8. The minimum Gasteiger partial charge on any atom is -0.326 e. The lowest BCUT2D eigenvalue weighted by Crippen LogP contribution is -2.20. The lowest BCUT2D eigenvalue weighted by Gasteiger charge is -2.12. The van der Waals surface area contributed by atoms with Gasteiger partial charge in [0.1, 0.15) is 0 Å². The minimum atomic E-state index is -4.69. The van der Waals surface area contributed by atoms with Gasteiger partial charge >= 0.3 is 6.18 Å². The predicted molar refractivity (Wildman–Crippen MR) is 110 cm³/mol. The SMILES string of the molecule is CNS(=O)(=O)c1cc(NC(=O)CCc2c(C)nc3nc(C(F)(F)F)nn3c2C)ccc1C. The monoisotopic (exact) mass is 470 g/mol. The minimum absolute atomic E-state index is 0.00230. The molecule has 0 bridgehead atoms. The van der Waals surface area contributed by atoms with Crippen molar-refractivity contribution in [2.75, 3.05) is 12.4 Å². The number of alkyl halides is 3. The van der Waals surface area contributed by atoms with Crippen LogP contribution in [-0.4, -0.2) is 41.0 Å². The van der Waals surface area contributed by atoms with Crippen molar-refractivity contribution in [1.29, 1.82) is 0 Å². The maximum absolute atomic E-state index is 12.9. The Labute approximate surface area is 182 Å². The summed E-state index contributed by atoms with van der Waals surface area (Å²) >= 11 is 0. The molecule has 3 aromatic rings. The molecule has 0 saturated heterocycles. The second-order valence-corrected chi connectivity index (χ2v) is 9.00. The van der Waals surface area contributed by atoms with Crippen LogP contribution in [0.15, 0.2) is 23.1 Å². The summed E-state index contributed by atoms with van der Waals surface area (Å²) in [6.07, 6.45) is -4.50. The van der Waals surface area contributed by atoms with Crippen LogP contribution in [0.25, 0.3) is 5.78 Å². The second kappa shape index (κ2) is 8.47. The van der Waals surface area contributed by atoms with Gasteiger partial charge in [-0.15, -0.1) is 5.10 Å². The van der Waals surface area contributed by atoms with E-state index >= 15 is 0 Å². The Morgan fingerprint density at radius 1 is 1.16 bits per heavy atom. The standard InChI is InChI=1S/C19H21F3N6O3S/c1-10-5-6-13(9-15(10)32(30,31)23-4)25-16(29)8-7-14-11(2)24-18-26-17(19(20,21)22)27-28(18)12(14)3/h5-6,9,23H,7-8H2,1-4H3,(H,25,29). The number of aromatic nitrogens is 4. The number of carbonyl (C=O) groups excluding carboxylic acids is 1. The molecule has 13 heteroatoms. The van der Waals surface area contributed by atoms with Crippen molar-refractivity contribution in [3.05, 3.63) is 46.5 Å². The zero-order chi connectivity index (χ0) is 23.8. The van der Waals surface area contributed by atoms with Gasteiger partial charge in [0.15, 0.2) is 0 Å². The van der Waals surface area contributed by atoms with E-state index in [4.69, 9.17) is 0 Å². The number of aryl methyl sites for hydroxylation is 3. The smallest absolute Gasteiger partial charge is 0.326 e. The van der Waals surface area contributed by atoms with Crippen molar-refractivity contribution in [3.63, 3.8) is 0 Å². The molecule has 0 radical (unpaired) electrons. The van der Waals surface area contributed by atoms with Crippen LogP contribution in [0.2, 0.25) is 0 Å². The highest BCUT2D eigenvalue weighted by molar-refractivity contribution is 7.89. The molecule has 0 fully saturated rings. The average Bonchev–Trinajstić information content (AvgIpc) is 3.14. The summed E-state index contributed by atoms with van der Waals surface area (Å²) in [5, 5.41) is 6.12. The zero-order valence-corrected chi connectivity index (χ0v) is 18.5. The molecule has 0 spiro atoms. The van der Waals surface area contributed by atoms with Gasteiger partial charge in [0.2, 0.25) is 15.9 Å². The molecule has 2 aromatic heterocycles. The number of hydrogen-bond donors (Lipinski definition) is 2. The predicted octanol–water partition coefficient (Wildman–Crippen LogP) is 2.55. The molecule has 0 saturated carbocycles. The Balaban J connectivity index is 1.79. The molecule has 32 heavy (non-hydrogen) atoms. The van der Waals surface area contributed by atoms with Crippen LogP contribution >= 0.6 is 0 Å². The van der Waals surface area contributed by atoms with Crippen LogP contribution in [0.3, 0.4) is 0 Å². The quantitative estimate of drug-likeness (QED) is 0.572. The molecule has 0 aliphatic heterocycles. The van der Waals surface area contributed by atoms with Crippen molar-refractivity contribution in [1.82, 2.24) is 24.3 Å². The van der Waals surface area contributed by atoms with Crippen LogP contribution in [-0.2, 0) is 27.4 Å². The van der Waals surface area contributed by atoms with Gasteiger partial charge in [-0.2, -0.15) is 18.2 Å². The van der Waals surface area contributed by atoms with Gasteiger partial charge in [-0.05, 0) is 57.5 Å². The molecular weight excluding hydrogens is 449 g/mol. The molecule has 3 rings (SSSR count). The molecule has 1 aromatic carbocycles. The van der Waals surface area contributed by atoms with Crippen LogP contribution in [0.1, 0.15) is 34.8 Å².